The fourth-order valence-corrected chi connectivity index (χ4v) is 3.24. The van der Waals surface area contributed by atoms with Gasteiger partial charge in [0.25, 0.3) is 0 Å². The zero-order valence-electron chi connectivity index (χ0n) is 15.7. The molecule has 2 N–H and O–H groups in total. The molecule has 1 aromatic rings. The Labute approximate surface area is 161 Å². The van der Waals surface area contributed by atoms with E-state index < -0.39 is 12.1 Å². The second-order valence-electron chi connectivity index (χ2n) is 6.91. The van der Waals surface area contributed by atoms with Crippen LogP contribution in [0.4, 0.5) is 0 Å². The lowest BCUT2D eigenvalue weighted by molar-refractivity contribution is -0.137. The Morgan fingerprint density at radius 3 is 2.78 bits per heavy atom. The lowest BCUT2D eigenvalue weighted by atomic mass is 9.99. The minimum absolute atomic E-state index is 0.000318. The number of amides is 1. The van der Waals surface area contributed by atoms with Crippen LogP contribution in [0.5, 0.6) is 0 Å². The van der Waals surface area contributed by atoms with Crippen molar-refractivity contribution in [2.24, 2.45) is 0 Å². The summed E-state index contributed by atoms with van der Waals surface area (Å²) in [5.41, 5.74) is 1.08. The molecule has 27 heavy (non-hydrogen) atoms. The van der Waals surface area contributed by atoms with Crippen molar-refractivity contribution in [2.45, 2.75) is 57.1 Å². The Hall–Kier alpha value is -2.40. The van der Waals surface area contributed by atoms with E-state index in [9.17, 15) is 14.7 Å². The Morgan fingerprint density at radius 1 is 1.26 bits per heavy atom. The third-order valence-electron chi connectivity index (χ3n) is 4.68. The Balaban J connectivity index is 1.85. The van der Waals surface area contributed by atoms with Gasteiger partial charge < -0.3 is 15.1 Å². The molecule has 1 amide bonds. The van der Waals surface area contributed by atoms with Gasteiger partial charge in [-0.1, -0.05) is 54.6 Å². The number of rotatable bonds is 10. The van der Waals surface area contributed by atoms with Gasteiger partial charge in [0, 0.05) is 25.8 Å². The second kappa shape index (κ2) is 11.3. The standard InChI is InChI=1S/C22H29NO4/c24-20(17-18-9-4-3-5-10-18)15-14-19-11-8-12-21(25)23(19)16-7-2-1-6-13-22(26)27/h2-5,7,9-10,14-15,19-20,24H,1,6,8,11-13,16-17H2,(H,26,27)/b7-2-,15-14+. The molecule has 5 nitrogen and oxygen atoms in total. The number of carboxylic acid groups (broad SMARTS) is 1. The molecule has 2 atom stereocenters. The molecule has 1 fully saturated rings. The van der Waals surface area contributed by atoms with Gasteiger partial charge in [0.05, 0.1) is 12.1 Å². The molecule has 5 heteroatoms. The third kappa shape index (κ3) is 7.79. The summed E-state index contributed by atoms with van der Waals surface area (Å²) in [6.45, 7) is 0.524. The normalized spacial score (nSPS) is 19.1. The molecule has 0 spiro atoms. The number of nitrogens with zero attached hydrogens (tertiary/aromatic N) is 1. The molecule has 1 heterocycles. The average Bonchev–Trinajstić information content (AvgIpc) is 2.65. The first-order valence-electron chi connectivity index (χ1n) is 9.63. The van der Waals surface area contributed by atoms with Gasteiger partial charge in [-0.2, -0.15) is 0 Å². The van der Waals surface area contributed by atoms with Crippen molar-refractivity contribution >= 4 is 11.9 Å². The van der Waals surface area contributed by atoms with Crippen LogP contribution in [0.1, 0.15) is 44.1 Å². The number of carboxylic acids is 1. The van der Waals surface area contributed by atoms with Gasteiger partial charge in [0.1, 0.15) is 0 Å². The van der Waals surface area contributed by atoms with Crippen LogP contribution >= 0.6 is 0 Å². The number of aliphatic carboxylic acids is 1. The lowest BCUT2D eigenvalue weighted by Crippen LogP contribution is -2.42. The van der Waals surface area contributed by atoms with E-state index in [2.05, 4.69) is 0 Å². The summed E-state index contributed by atoms with van der Waals surface area (Å²) in [6.07, 6.45) is 11.4. The van der Waals surface area contributed by atoms with Crippen molar-refractivity contribution < 1.29 is 19.8 Å². The Morgan fingerprint density at radius 2 is 2.04 bits per heavy atom. The number of benzene rings is 1. The van der Waals surface area contributed by atoms with E-state index in [1.165, 1.54) is 0 Å². The van der Waals surface area contributed by atoms with Gasteiger partial charge in [-0.3, -0.25) is 9.59 Å². The fourth-order valence-electron chi connectivity index (χ4n) is 3.24. The number of hydrogen-bond donors (Lipinski definition) is 2. The highest BCUT2D eigenvalue weighted by atomic mass is 16.4. The average molecular weight is 371 g/mol. The maximum atomic E-state index is 12.3. The van der Waals surface area contributed by atoms with Crippen LogP contribution in [-0.2, 0) is 16.0 Å². The Bertz CT molecular complexity index is 654. The molecule has 0 radical (unpaired) electrons. The van der Waals surface area contributed by atoms with Crippen LogP contribution in [-0.4, -0.2) is 45.7 Å². The molecule has 146 valence electrons. The quantitative estimate of drug-likeness (QED) is 0.488. The highest BCUT2D eigenvalue weighted by molar-refractivity contribution is 5.77. The molecule has 2 rings (SSSR count). The van der Waals surface area contributed by atoms with E-state index in [1.807, 2.05) is 53.5 Å². The number of hydrogen-bond acceptors (Lipinski definition) is 3. The number of allylic oxidation sites excluding steroid dienone is 1. The maximum Gasteiger partial charge on any atom is 0.303 e. The van der Waals surface area contributed by atoms with Crippen molar-refractivity contribution in [1.29, 1.82) is 0 Å². The predicted molar refractivity (Wildman–Crippen MR) is 105 cm³/mol. The van der Waals surface area contributed by atoms with Crippen LogP contribution in [0.25, 0.3) is 0 Å². The van der Waals surface area contributed by atoms with E-state index >= 15 is 0 Å². The van der Waals surface area contributed by atoms with Crippen LogP contribution in [0, 0.1) is 0 Å². The van der Waals surface area contributed by atoms with Crippen molar-refractivity contribution in [3.8, 4) is 0 Å². The molecule has 0 aromatic heterocycles. The van der Waals surface area contributed by atoms with Crippen LogP contribution in [0.2, 0.25) is 0 Å². The van der Waals surface area contributed by atoms with Gasteiger partial charge in [-0.05, 0) is 31.2 Å². The number of piperidine rings is 1. The van der Waals surface area contributed by atoms with Crippen molar-refractivity contribution in [3.05, 3.63) is 60.2 Å². The SMILES string of the molecule is O=C(O)CCC/C=C\CN1C(=O)CCCC1/C=C/C(O)Cc1ccccc1. The van der Waals surface area contributed by atoms with E-state index in [0.717, 1.165) is 18.4 Å². The molecule has 0 bridgehead atoms. The smallest absolute Gasteiger partial charge is 0.303 e. The summed E-state index contributed by atoms with van der Waals surface area (Å²) in [5, 5.41) is 18.9. The first-order chi connectivity index (χ1) is 13.1. The fraction of sp³-hybridized carbons (Fsp3) is 0.455. The molecule has 0 aliphatic carbocycles. The van der Waals surface area contributed by atoms with Gasteiger partial charge in [-0.25, -0.2) is 0 Å². The summed E-state index contributed by atoms with van der Waals surface area (Å²) in [4.78, 5) is 24.6. The van der Waals surface area contributed by atoms with Gasteiger partial charge in [0.15, 0.2) is 0 Å². The zero-order chi connectivity index (χ0) is 19.5. The van der Waals surface area contributed by atoms with Crippen LogP contribution < -0.4 is 0 Å². The summed E-state index contributed by atoms with van der Waals surface area (Å²) < 4.78 is 0. The number of aliphatic hydroxyl groups is 1. The number of likely N-dealkylation sites (tertiary alicyclic amines) is 1. The summed E-state index contributed by atoms with van der Waals surface area (Å²) >= 11 is 0. The molecule has 1 aromatic carbocycles. The molecule has 1 aliphatic rings. The molecule has 2 unspecified atom stereocenters. The van der Waals surface area contributed by atoms with Gasteiger partial charge >= 0.3 is 5.97 Å². The lowest BCUT2D eigenvalue weighted by Gasteiger charge is -2.33. The van der Waals surface area contributed by atoms with E-state index in [4.69, 9.17) is 5.11 Å². The highest BCUT2D eigenvalue weighted by Gasteiger charge is 2.25. The number of unbranched alkanes of at least 4 members (excludes halogenated alkanes) is 1. The summed E-state index contributed by atoms with van der Waals surface area (Å²) in [6, 6.07) is 9.84. The van der Waals surface area contributed by atoms with E-state index in [0.29, 0.717) is 32.2 Å². The number of carbonyl (C=O) groups excluding carboxylic acids is 1. The highest BCUT2D eigenvalue weighted by Crippen LogP contribution is 2.20. The minimum atomic E-state index is -0.783. The van der Waals surface area contributed by atoms with E-state index in [-0.39, 0.29) is 18.4 Å². The van der Waals surface area contributed by atoms with Gasteiger partial charge in [0.2, 0.25) is 5.91 Å². The van der Waals surface area contributed by atoms with Crippen LogP contribution in [0.3, 0.4) is 0 Å². The number of carbonyl (C=O) groups is 2. The molecule has 1 saturated heterocycles. The molecule has 1 aliphatic heterocycles. The van der Waals surface area contributed by atoms with Crippen molar-refractivity contribution in [2.75, 3.05) is 6.54 Å². The second-order valence-corrected chi connectivity index (χ2v) is 6.91. The summed E-state index contributed by atoms with van der Waals surface area (Å²) in [5.74, 6) is -0.655. The Kier molecular flexibility index (Phi) is 8.78. The van der Waals surface area contributed by atoms with Crippen molar-refractivity contribution in [3.63, 3.8) is 0 Å². The summed E-state index contributed by atoms with van der Waals surface area (Å²) in [7, 11) is 0. The topological polar surface area (TPSA) is 77.8 Å². The predicted octanol–water partition coefficient (Wildman–Crippen LogP) is 3.34. The first kappa shape index (κ1) is 20.9. The zero-order valence-corrected chi connectivity index (χ0v) is 15.7. The van der Waals surface area contributed by atoms with Gasteiger partial charge in [-0.15, -0.1) is 0 Å². The molecule has 0 saturated carbocycles. The maximum absolute atomic E-state index is 12.3. The molecular weight excluding hydrogens is 342 g/mol. The first-order valence-corrected chi connectivity index (χ1v) is 9.63. The minimum Gasteiger partial charge on any atom is -0.481 e. The number of aliphatic hydroxyl groups excluding tert-OH is 1. The third-order valence-corrected chi connectivity index (χ3v) is 4.68. The monoisotopic (exact) mass is 371 g/mol. The van der Waals surface area contributed by atoms with Crippen LogP contribution in [0.15, 0.2) is 54.6 Å². The van der Waals surface area contributed by atoms with E-state index in [1.54, 1.807) is 6.08 Å². The molecular formula is C22H29NO4. The van der Waals surface area contributed by atoms with Crippen molar-refractivity contribution in [1.82, 2.24) is 4.90 Å². The largest absolute Gasteiger partial charge is 0.481 e.